The van der Waals surface area contributed by atoms with E-state index in [-0.39, 0.29) is 0 Å². The summed E-state index contributed by atoms with van der Waals surface area (Å²) in [6, 6.07) is 9.31. The predicted molar refractivity (Wildman–Crippen MR) is 69.7 cm³/mol. The largest absolute Gasteiger partial charge is 0.399 e. The summed E-state index contributed by atoms with van der Waals surface area (Å²) in [5.74, 6) is 0.441. The van der Waals surface area contributed by atoms with Crippen molar-refractivity contribution in [3.8, 4) is 6.07 Å². The molecular formula is C13H13N5. The van der Waals surface area contributed by atoms with E-state index in [0.717, 1.165) is 16.8 Å². The van der Waals surface area contributed by atoms with Crippen LogP contribution in [0.4, 0.5) is 11.6 Å². The quantitative estimate of drug-likeness (QED) is 0.798. The molecule has 0 aliphatic rings. The molecule has 0 bridgehead atoms. The average Bonchev–Trinajstić information content (AvgIpc) is 2.41. The molecule has 5 nitrogen and oxygen atoms in total. The minimum atomic E-state index is 0.344. The Bertz CT molecular complexity index is 601. The molecule has 0 radical (unpaired) electrons. The number of rotatable bonds is 3. The summed E-state index contributed by atoms with van der Waals surface area (Å²) in [5, 5.41) is 11.8. The maximum Gasteiger partial charge on any atom is 0.224 e. The van der Waals surface area contributed by atoms with Crippen LogP contribution >= 0.6 is 0 Å². The van der Waals surface area contributed by atoms with Gasteiger partial charge in [-0.3, -0.25) is 0 Å². The van der Waals surface area contributed by atoms with E-state index in [1.807, 2.05) is 31.2 Å². The van der Waals surface area contributed by atoms with Gasteiger partial charge in [-0.05, 0) is 30.2 Å². The number of nitrogens with zero attached hydrogens (tertiary/aromatic N) is 3. The maximum atomic E-state index is 8.74. The van der Waals surface area contributed by atoms with Crippen molar-refractivity contribution in [1.82, 2.24) is 9.97 Å². The van der Waals surface area contributed by atoms with Crippen LogP contribution in [-0.4, -0.2) is 9.97 Å². The zero-order valence-corrected chi connectivity index (χ0v) is 10.0. The predicted octanol–water partition coefficient (Wildman–Crippen LogP) is 1.85. The van der Waals surface area contributed by atoms with Gasteiger partial charge in [0.2, 0.25) is 5.95 Å². The van der Waals surface area contributed by atoms with E-state index in [2.05, 4.69) is 15.3 Å². The molecule has 5 heteroatoms. The van der Waals surface area contributed by atoms with Gasteiger partial charge in [-0.15, -0.1) is 0 Å². The molecular weight excluding hydrogens is 226 g/mol. The molecule has 3 N–H and O–H groups in total. The Morgan fingerprint density at radius 3 is 3.00 bits per heavy atom. The summed E-state index contributed by atoms with van der Waals surface area (Å²) < 4.78 is 0. The topological polar surface area (TPSA) is 87.6 Å². The molecule has 0 unspecified atom stereocenters. The normalized spacial score (nSPS) is 9.78. The molecule has 1 heterocycles. The Balaban J connectivity index is 2.12. The molecule has 2 aromatic rings. The lowest BCUT2D eigenvalue weighted by molar-refractivity contribution is 1.03. The van der Waals surface area contributed by atoms with Crippen molar-refractivity contribution in [2.45, 2.75) is 13.5 Å². The van der Waals surface area contributed by atoms with Gasteiger partial charge in [-0.2, -0.15) is 5.26 Å². The second-order valence-corrected chi connectivity index (χ2v) is 3.86. The van der Waals surface area contributed by atoms with E-state index in [1.54, 1.807) is 12.3 Å². The van der Waals surface area contributed by atoms with Gasteiger partial charge in [0.25, 0.3) is 0 Å². The van der Waals surface area contributed by atoms with Crippen LogP contribution in [0.5, 0.6) is 0 Å². The molecule has 18 heavy (non-hydrogen) atoms. The number of nitrogens with two attached hydrogens (primary N) is 1. The second-order valence-electron chi connectivity index (χ2n) is 3.86. The lowest BCUT2D eigenvalue weighted by atomic mass is 10.1. The molecule has 0 amide bonds. The fourth-order valence-electron chi connectivity index (χ4n) is 1.58. The second kappa shape index (κ2) is 5.15. The van der Waals surface area contributed by atoms with Crippen LogP contribution in [0.3, 0.4) is 0 Å². The van der Waals surface area contributed by atoms with Crippen molar-refractivity contribution in [2.75, 3.05) is 11.1 Å². The highest BCUT2D eigenvalue weighted by atomic mass is 15.1. The van der Waals surface area contributed by atoms with Gasteiger partial charge in [-0.1, -0.05) is 12.1 Å². The average molecular weight is 239 g/mol. The van der Waals surface area contributed by atoms with E-state index in [9.17, 15) is 0 Å². The summed E-state index contributed by atoms with van der Waals surface area (Å²) in [6.07, 6.45) is 1.56. The van der Waals surface area contributed by atoms with Gasteiger partial charge in [-0.25, -0.2) is 9.97 Å². The third-order valence-corrected chi connectivity index (χ3v) is 2.69. The summed E-state index contributed by atoms with van der Waals surface area (Å²) in [4.78, 5) is 8.09. The molecule has 0 saturated carbocycles. The first-order valence-corrected chi connectivity index (χ1v) is 5.51. The molecule has 0 saturated heterocycles. The Kier molecular flexibility index (Phi) is 3.39. The van der Waals surface area contributed by atoms with Gasteiger partial charge < -0.3 is 11.1 Å². The molecule has 0 fully saturated rings. The van der Waals surface area contributed by atoms with Crippen LogP contribution in [-0.2, 0) is 6.54 Å². The Hall–Kier alpha value is -2.61. The summed E-state index contributed by atoms with van der Waals surface area (Å²) in [6.45, 7) is 2.55. The number of aromatic nitrogens is 2. The van der Waals surface area contributed by atoms with Crippen molar-refractivity contribution < 1.29 is 0 Å². The summed E-state index contributed by atoms with van der Waals surface area (Å²) in [5.41, 5.74) is 9.07. The van der Waals surface area contributed by atoms with Crippen LogP contribution in [0.1, 0.15) is 16.8 Å². The van der Waals surface area contributed by atoms with Gasteiger partial charge in [0.05, 0.1) is 0 Å². The first-order chi connectivity index (χ1) is 8.70. The van der Waals surface area contributed by atoms with Crippen molar-refractivity contribution in [2.24, 2.45) is 0 Å². The van der Waals surface area contributed by atoms with Crippen molar-refractivity contribution in [3.05, 3.63) is 47.3 Å². The van der Waals surface area contributed by atoms with E-state index in [1.165, 1.54) is 0 Å². The fraction of sp³-hybridized carbons (Fsp3) is 0.154. The van der Waals surface area contributed by atoms with E-state index in [0.29, 0.717) is 18.2 Å². The van der Waals surface area contributed by atoms with Crippen LogP contribution in [0.25, 0.3) is 0 Å². The number of benzene rings is 1. The van der Waals surface area contributed by atoms with Crippen LogP contribution in [0, 0.1) is 18.3 Å². The smallest absolute Gasteiger partial charge is 0.224 e. The number of nitrogens with one attached hydrogen (secondary N) is 1. The minimum Gasteiger partial charge on any atom is -0.399 e. The van der Waals surface area contributed by atoms with Crippen LogP contribution in [0.2, 0.25) is 0 Å². The SMILES string of the molecule is Cc1c(N)cccc1CNc1nccc(C#N)n1. The van der Waals surface area contributed by atoms with E-state index >= 15 is 0 Å². The fourth-order valence-corrected chi connectivity index (χ4v) is 1.58. The van der Waals surface area contributed by atoms with Gasteiger partial charge in [0.1, 0.15) is 11.8 Å². The number of anilines is 2. The monoisotopic (exact) mass is 239 g/mol. The molecule has 0 spiro atoms. The zero-order chi connectivity index (χ0) is 13.0. The lowest BCUT2D eigenvalue weighted by Gasteiger charge is -2.09. The lowest BCUT2D eigenvalue weighted by Crippen LogP contribution is -2.06. The van der Waals surface area contributed by atoms with Gasteiger partial charge >= 0.3 is 0 Å². The van der Waals surface area contributed by atoms with E-state index < -0.39 is 0 Å². The molecule has 1 aromatic heterocycles. The number of nitrogen functional groups attached to an aromatic ring is 1. The van der Waals surface area contributed by atoms with Gasteiger partial charge in [0.15, 0.2) is 0 Å². The third kappa shape index (κ3) is 2.55. The van der Waals surface area contributed by atoms with E-state index in [4.69, 9.17) is 11.0 Å². The number of hydrogen-bond donors (Lipinski definition) is 2. The molecule has 0 atom stereocenters. The Labute approximate surface area is 105 Å². The highest BCUT2D eigenvalue weighted by Crippen LogP contribution is 2.16. The Morgan fingerprint density at radius 2 is 2.22 bits per heavy atom. The minimum absolute atomic E-state index is 0.344. The van der Waals surface area contributed by atoms with Crippen LogP contribution in [0.15, 0.2) is 30.5 Å². The van der Waals surface area contributed by atoms with Crippen molar-refractivity contribution >= 4 is 11.6 Å². The third-order valence-electron chi connectivity index (χ3n) is 2.69. The zero-order valence-electron chi connectivity index (χ0n) is 10.0. The molecule has 0 aliphatic heterocycles. The molecule has 0 aliphatic carbocycles. The first-order valence-electron chi connectivity index (χ1n) is 5.51. The summed E-state index contributed by atoms with van der Waals surface area (Å²) in [7, 11) is 0. The Morgan fingerprint density at radius 1 is 1.39 bits per heavy atom. The van der Waals surface area contributed by atoms with Crippen molar-refractivity contribution in [1.29, 1.82) is 5.26 Å². The van der Waals surface area contributed by atoms with Gasteiger partial charge in [0, 0.05) is 18.4 Å². The molecule has 90 valence electrons. The van der Waals surface area contributed by atoms with Crippen molar-refractivity contribution in [3.63, 3.8) is 0 Å². The number of nitriles is 1. The van der Waals surface area contributed by atoms with Crippen LogP contribution < -0.4 is 11.1 Å². The first kappa shape index (κ1) is 11.9. The maximum absolute atomic E-state index is 8.74. The highest BCUT2D eigenvalue weighted by Gasteiger charge is 2.02. The highest BCUT2D eigenvalue weighted by molar-refractivity contribution is 5.50. The molecule has 2 rings (SSSR count). The standard InChI is InChI=1S/C13H13N5/c1-9-10(3-2-4-12(9)15)8-17-13-16-6-5-11(7-14)18-13/h2-6H,8,15H2,1H3,(H,16,17,18). The summed E-state index contributed by atoms with van der Waals surface area (Å²) >= 11 is 0. The molecule has 1 aromatic carbocycles. The number of hydrogen-bond acceptors (Lipinski definition) is 5.